The van der Waals surface area contributed by atoms with Gasteiger partial charge >= 0.3 is 0 Å². The number of hydrogen-bond acceptors (Lipinski definition) is 4. The van der Waals surface area contributed by atoms with Gasteiger partial charge in [0.2, 0.25) is 0 Å². The average Bonchev–Trinajstić information content (AvgIpc) is 2.16. The summed E-state index contributed by atoms with van der Waals surface area (Å²) in [5.74, 6) is 0. The Morgan fingerprint density at radius 2 is 2.15 bits per heavy atom. The molecule has 0 bridgehead atoms. The summed E-state index contributed by atoms with van der Waals surface area (Å²) in [6, 6.07) is 3.60. The van der Waals surface area contributed by atoms with Crippen LogP contribution in [0, 0.1) is 0 Å². The maximum Gasteiger partial charge on any atom is 0.152 e. The number of pyridine rings is 1. The highest BCUT2D eigenvalue weighted by Crippen LogP contribution is 2.14. The van der Waals surface area contributed by atoms with Crippen LogP contribution in [0.1, 0.15) is 5.69 Å². The molecule has 66 valence electrons. The van der Waals surface area contributed by atoms with E-state index in [1.54, 1.807) is 12.3 Å². The molecule has 0 saturated heterocycles. The molecule has 0 saturated carbocycles. The fraction of sp³-hybridized carbons (Fsp3) is 0.125. The topological polar surface area (TPSA) is 64.7 Å². The molecule has 0 aliphatic rings. The van der Waals surface area contributed by atoms with Gasteiger partial charge in [-0.05, 0) is 12.1 Å². The van der Waals surface area contributed by atoms with Crippen LogP contribution in [0.3, 0.4) is 0 Å². The molecule has 2 rings (SSSR count). The first-order valence-corrected chi connectivity index (χ1v) is 4.15. The fourth-order valence-corrected chi connectivity index (χ4v) is 1.23. The van der Waals surface area contributed by atoms with Crippen molar-refractivity contribution in [1.82, 2.24) is 15.2 Å². The lowest BCUT2D eigenvalue weighted by Crippen LogP contribution is -1.99. The molecule has 0 aliphatic carbocycles. The van der Waals surface area contributed by atoms with Gasteiger partial charge in [0.05, 0.1) is 11.9 Å². The molecule has 2 N–H and O–H groups in total. The molecule has 0 atom stereocenters. The third-order valence-corrected chi connectivity index (χ3v) is 1.89. The van der Waals surface area contributed by atoms with Gasteiger partial charge in [-0.15, -0.1) is 10.2 Å². The third-order valence-electron chi connectivity index (χ3n) is 1.71. The highest BCUT2D eigenvalue weighted by Gasteiger charge is 1.99. The largest absolute Gasteiger partial charge is 0.325 e. The van der Waals surface area contributed by atoms with E-state index in [0.717, 1.165) is 16.6 Å². The molecule has 2 aromatic rings. The lowest BCUT2D eigenvalue weighted by molar-refractivity contribution is 0.988. The van der Waals surface area contributed by atoms with Crippen molar-refractivity contribution in [2.24, 2.45) is 5.73 Å². The summed E-state index contributed by atoms with van der Waals surface area (Å²) < 4.78 is 0. The summed E-state index contributed by atoms with van der Waals surface area (Å²) >= 11 is 5.69. The Morgan fingerprint density at radius 1 is 1.31 bits per heavy atom. The van der Waals surface area contributed by atoms with E-state index in [0.29, 0.717) is 11.7 Å². The van der Waals surface area contributed by atoms with Crippen LogP contribution >= 0.6 is 11.6 Å². The Balaban J connectivity index is 2.68. The molecule has 4 nitrogen and oxygen atoms in total. The molecule has 13 heavy (non-hydrogen) atoms. The first-order valence-electron chi connectivity index (χ1n) is 3.77. The van der Waals surface area contributed by atoms with Gasteiger partial charge in [0.1, 0.15) is 5.52 Å². The van der Waals surface area contributed by atoms with E-state index in [1.807, 2.05) is 6.07 Å². The maximum atomic E-state index is 5.69. The van der Waals surface area contributed by atoms with Gasteiger partial charge in [-0.2, -0.15) is 0 Å². The summed E-state index contributed by atoms with van der Waals surface area (Å²) in [6.45, 7) is 0.413. The van der Waals surface area contributed by atoms with Gasteiger partial charge in [-0.3, -0.25) is 4.98 Å². The minimum Gasteiger partial charge on any atom is -0.325 e. The second-order valence-electron chi connectivity index (χ2n) is 2.61. The second kappa shape index (κ2) is 3.24. The standard InChI is InChI=1S/C8H7ClN4/c9-8-2-5-1-6(3-10)11-4-7(5)12-13-8/h1-2,4H,3,10H2. The first kappa shape index (κ1) is 8.34. The Morgan fingerprint density at radius 3 is 2.92 bits per heavy atom. The number of nitrogens with zero attached hydrogens (tertiary/aromatic N) is 3. The zero-order valence-electron chi connectivity index (χ0n) is 6.74. The molecule has 0 unspecified atom stereocenters. The SMILES string of the molecule is NCc1cc2cc(Cl)nnc2cn1. The monoisotopic (exact) mass is 194 g/mol. The number of aromatic nitrogens is 3. The van der Waals surface area contributed by atoms with Crippen molar-refractivity contribution < 1.29 is 0 Å². The maximum absolute atomic E-state index is 5.69. The first-order chi connectivity index (χ1) is 6.29. The van der Waals surface area contributed by atoms with E-state index < -0.39 is 0 Å². The van der Waals surface area contributed by atoms with Crippen LogP contribution in [0.15, 0.2) is 18.3 Å². The van der Waals surface area contributed by atoms with Crippen LogP contribution in [0.5, 0.6) is 0 Å². The summed E-state index contributed by atoms with van der Waals surface area (Å²) in [5.41, 5.74) is 6.99. The van der Waals surface area contributed by atoms with Crippen LogP contribution in [-0.4, -0.2) is 15.2 Å². The quantitative estimate of drug-likeness (QED) is 0.740. The van der Waals surface area contributed by atoms with Crippen LogP contribution < -0.4 is 5.73 Å². The summed E-state index contributed by atoms with van der Waals surface area (Å²) in [7, 11) is 0. The van der Waals surface area contributed by atoms with Gasteiger partial charge < -0.3 is 5.73 Å². The Kier molecular flexibility index (Phi) is 2.08. The van der Waals surface area contributed by atoms with Crippen molar-refractivity contribution in [3.8, 4) is 0 Å². The normalized spacial score (nSPS) is 10.6. The Bertz CT molecular complexity index is 443. The Labute approximate surface area is 79.7 Å². The molecule has 0 aromatic carbocycles. The van der Waals surface area contributed by atoms with Gasteiger partial charge in [-0.25, -0.2) is 0 Å². The van der Waals surface area contributed by atoms with Crippen LogP contribution in [0.4, 0.5) is 0 Å². The number of halogens is 1. The average molecular weight is 195 g/mol. The minimum atomic E-state index is 0.377. The predicted octanol–water partition coefficient (Wildman–Crippen LogP) is 1.14. The van der Waals surface area contributed by atoms with E-state index >= 15 is 0 Å². The number of rotatable bonds is 1. The minimum absolute atomic E-state index is 0.377. The molecular weight excluding hydrogens is 188 g/mol. The van der Waals surface area contributed by atoms with Crippen molar-refractivity contribution >= 4 is 22.5 Å². The highest BCUT2D eigenvalue weighted by atomic mass is 35.5. The second-order valence-corrected chi connectivity index (χ2v) is 2.99. The van der Waals surface area contributed by atoms with Crippen LogP contribution in [-0.2, 0) is 6.54 Å². The fourth-order valence-electron chi connectivity index (χ4n) is 1.08. The molecule has 0 aliphatic heterocycles. The van der Waals surface area contributed by atoms with Crippen molar-refractivity contribution in [1.29, 1.82) is 0 Å². The van der Waals surface area contributed by atoms with Gasteiger partial charge in [0.15, 0.2) is 5.15 Å². The summed E-state index contributed by atoms with van der Waals surface area (Å²) in [4.78, 5) is 4.08. The van der Waals surface area contributed by atoms with Crippen molar-refractivity contribution in [2.75, 3.05) is 0 Å². The smallest absolute Gasteiger partial charge is 0.152 e. The zero-order valence-corrected chi connectivity index (χ0v) is 7.49. The molecule has 0 spiro atoms. The van der Waals surface area contributed by atoms with E-state index in [1.165, 1.54) is 0 Å². The van der Waals surface area contributed by atoms with Crippen LogP contribution in [0.25, 0.3) is 10.9 Å². The predicted molar refractivity (Wildman–Crippen MR) is 50.2 cm³/mol. The molecule has 2 aromatic heterocycles. The van der Waals surface area contributed by atoms with Gasteiger partial charge in [-0.1, -0.05) is 11.6 Å². The molecule has 0 radical (unpaired) electrons. The summed E-state index contributed by atoms with van der Waals surface area (Å²) in [5, 5.41) is 8.87. The van der Waals surface area contributed by atoms with E-state index in [-0.39, 0.29) is 0 Å². The Hall–Kier alpha value is -1.26. The van der Waals surface area contributed by atoms with Gasteiger partial charge in [0, 0.05) is 11.9 Å². The van der Waals surface area contributed by atoms with Gasteiger partial charge in [0.25, 0.3) is 0 Å². The number of hydrogen-bond donors (Lipinski definition) is 1. The zero-order chi connectivity index (χ0) is 9.26. The number of nitrogens with two attached hydrogens (primary N) is 1. The van der Waals surface area contributed by atoms with Crippen molar-refractivity contribution in [2.45, 2.75) is 6.54 Å². The van der Waals surface area contributed by atoms with E-state index in [4.69, 9.17) is 17.3 Å². The van der Waals surface area contributed by atoms with Crippen molar-refractivity contribution in [3.63, 3.8) is 0 Å². The van der Waals surface area contributed by atoms with E-state index in [9.17, 15) is 0 Å². The molecule has 0 fully saturated rings. The lowest BCUT2D eigenvalue weighted by Gasteiger charge is -1.98. The molecular formula is C8H7ClN4. The van der Waals surface area contributed by atoms with E-state index in [2.05, 4.69) is 15.2 Å². The molecule has 2 heterocycles. The third kappa shape index (κ3) is 1.59. The summed E-state index contributed by atoms with van der Waals surface area (Å²) in [6.07, 6.45) is 1.64. The van der Waals surface area contributed by atoms with Crippen LogP contribution in [0.2, 0.25) is 5.15 Å². The molecule has 0 amide bonds. The number of fused-ring (bicyclic) bond motifs is 1. The molecule has 5 heteroatoms. The lowest BCUT2D eigenvalue weighted by atomic mass is 10.2. The highest BCUT2D eigenvalue weighted by molar-refractivity contribution is 6.29. The van der Waals surface area contributed by atoms with Crippen molar-refractivity contribution in [3.05, 3.63) is 29.2 Å².